The summed E-state index contributed by atoms with van der Waals surface area (Å²) in [5.74, 6) is -0.288. The van der Waals surface area contributed by atoms with Crippen LogP contribution in [-0.4, -0.2) is 43.8 Å². The summed E-state index contributed by atoms with van der Waals surface area (Å²) in [5, 5.41) is 2.88. The molecule has 1 atom stereocenters. The van der Waals surface area contributed by atoms with Crippen LogP contribution in [0.15, 0.2) is 24.3 Å². The summed E-state index contributed by atoms with van der Waals surface area (Å²) in [6, 6.07) is 8.46. The van der Waals surface area contributed by atoms with E-state index in [4.69, 9.17) is 0 Å². The number of hydrogen-bond acceptors (Lipinski definition) is 4. The van der Waals surface area contributed by atoms with Gasteiger partial charge in [-0.05, 0) is 24.0 Å². The minimum Gasteiger partial charge on any atom is -0.356 e. The molecule has 1 N–H and O–H groups in total. The number of fused-ring (bicyclic) bond motifs is 1. The number of nitrogens with zero attached hydrogens (tertiary/aromatic N) is 1. The van der Waals surface area contributed by atoms with E-state index < -0.39 is 9.84 Å². The molecule has 1 aromatic rings. The van der Waals surface area contributed by atoms with E-state index in [9.17, 15) is 13.2 Å². The molecule has 5 nitrogen and oxygen atoms in total. The smallest absolute Gasteiger partial charge is 0.224 e. The maximum Gasteiger partial charge on any atom is 0.224 e. The molecule has 0 radical (unpaired) electrons. The van der Waals surface area contributed by atoms with E-state index in [0.29, 0.717) is 13.0 Å². The van der Waals surface area contributed by atoms with Crippen molar-refractivity contribution in [3.63, 3.8) is 0 Å². The highest BCUT2D eigenvalue weighted by Gasteiger charge is 2.32. The first-order valence-electron chi connectivity index (χ1n) is 7.81. The Kier molecular flexibility index (Phi) is 4.49. The zero-order valence-corrected chi connectivity index (χ0v) is 13.4. The first-order chi connectivity index (χ1) is 10.5. The van der Waals surface area contributed by atoms with E-state index in [1.807, 2.05) is 0 Å². The van der Waals surface area contributed by atoms with Crippen molar-refractivity contribution in [2.45, 2.75) is 25.9 Å². The van der Waals surface area contributed by atoms with Crippen molar-refractivity contribution >= 4 is 15.7 Å². The van der Waals surface area contributed by atoms with Gasteiger partial charge in [0.1, 0.15) is 0 Å². The Balaban J connectivity index is 1.36. The third kappa shape index (κ3) is 3.67. The summed E-state index contributed by atoms with van der Waals surface area (Å²) >= 11 is 0. The highest BCUT2D eigenvalue weighted by molar-refractivity contribution is 7.91. The zero-order chi connectivity index (χ0) is 15.6. The van der Waals surface area contributed by atoms with Crippen molar-refractivity contribution in [2.75, 3.05) is 24.6 Å². The highest BCUT2D eigenvalue weighted by atomic mass is 32.2. The van der Waals surface area contributed by atoms with Gasteiger partial charge in [0.15, 0.2) is 9.84 Å². The van der Waals surface area contributed by atoms with Crippen LogP contribution >= 0.6 is 0 Å². The molecule has 1 amide bonds. The van der Waals surface area contributed by atoms with Gasteiger partial charge in [0, 0.05) is 26.2 Å². The maximum absolute atomic E-state index is 11.9. The van der Waals surface area contributed by atoms with Gasteiger partial charge in [-0.25, -0.2) is 8.42 Å². The SMILES string of the molecule is O=C(NCCCN1Cc2ccccc2C1)[C@@H]1CCS(=O)(=O)C1. The number of amides is 1. The summed E-state index contributed by atoms with van der Waals surface area (Å²) in [7, 11) is -2.98. The average molecular weight is 322 g/mol. The van der Waals surface area contributed by atoms with Gasteiger partial charge in [-0.3, -0.25) is 9.69 Å². The number of nitrogens with one attached hydrogen (secondary N) is 1. The minimum absolute atomic E-state index is 0.0142. The second-order valence-corrected chi connectivity index (χ2v) is 8.45. The largest absolute Gasteiger partial charge is 0.356 e. The second kappa shape index (κ2) is 6.38. The van der Waals surface area contributed by atoms with E-state index in [-0.39, 0.29) is 23.3 Å². The lowest BCUT2D eigenvalue weighted by Crippen LogP contribution is -2.33. The normalized spacial score (nSPS) is 23.4. The molecule has 3 rings (SSSR count). The summed E-state index contributed by atoms with van der Waals surface area (Å²) in [6.45, 7) is 3.51. The molecule has 2 heterocycles. The molecular formula is C16H22N2O3S. The summed E-state index contributed by atoms with van der Waals surface area (Å²) in [4.78, 5) is 14.3. The van der Waals surface area contributed by atoms with Crippen LogP contribution in [0.4, 0.5) is 0 Å². The van der Waals surface area contributed by atoms with Gasteiger partial charge in [0.05, 0.1) is 17.4 Å². The Bertz CT molecular complexity index is 632. The van der Waals surface area contributed by atoms with Gasteiger partial charge in [0.2, 0.25) is 5.91 Å². The monoisotopic (exact) mass is 322 g/mol. The van der Waals surface area contributed by atoms with Crippen LogP contribution in [0.1, 0.15) is 24.0 Å². The van der Waals surface area contributed by atoms with E-state index >= 15 is 0 Å². The highest BCUT2D eigenvalue weighted by Crippen LogP contribution is 2.22. The molecule has 0 saturated carbocycles. The lowest BCUT2D eigenvalue weighted by Gasteiger charge is -2.15. The fourth-order valence-corrected chi connectivity index (χ4v) is 4.96. The molecule has 2 aliphatic rings. The Morgan fingerprint density at radius 2 is 1.91 bits per heavy atom. The van der Waals surface area contributed by atoms with E-state index in [0.717, 1.165) is 26.1 Å². The minimum atomic E-state index is -2.98. The maximum atomic E-state index is 11.9. The second-order valence-electron chi connectivity index (χ2n) is 6.22. The van der Waals surface area contributed by atoms with Crippen molar-refractivity contribution in [1.82, 2.24) is 10.2 Å². The van der Waals surface area contributed by atoms with Gasteiger partial charge in [-0.2, -0.15) is 0 Å². The van der Waals surface area contributed by atoms with Crippen molar-refractivity contribution in [3.05, 3.63) is 35.4 Å². The predicted molar refractivity (Wildman–Crippen MR) is 84.9 cm³/mol. The Labute approximate surface area is 131 Å². The van der Waals surface area contributed by atoms with E-state index in [1.165, 1.54) is 11.1 Å². The molecule has 0 aliphatic carbocycles. The van der Waals surface area contributed by atoms with Gasteiger partial charge < -0.3 is 5.32 Å². The van der Waals surface area contributed by atoms with Crippen molar-refractivity contribution in [3.8, 4) is 0 Å². The first kappa shape index (κ1) is 15.5. The average Bonchev–Trinajstić information content (AvgIpc) is 3.05. The summed E-state index contributed by atoms with van der Waals surface area (Å²) < 4.78 is 22.7. The lowest BCUT2D eigenvalue weighted by molar-refractivity contribution is -0.124. The molecule has 1 fully saturated rings. The Hall–Kier alpha value is -1.40. The van der Waals surface area contributed by atoms with Crippen LogP contribution in [0.2, 0.25) is 0 Å². The van der Waals surface area contributed by atoms with E-state index in [1.54, 1.807) is 0 Å². The number of carbonyl (C=O) groups excluding carboxylic acids is 1. The number of rotatable bonds is 5. The van der Waals surface area contributed by atoms with E-state index in [2.05, 4.69) is 34.5 Å². The number of carbonyl (C=O) groups is 1. The molecule has 120 valence electrons. The number of hydrogen-bond donors (Lipinski definition) is 1. The standard InChI is InChI=1S/C16H22N2O3S/c19-16(15-6-9-22(20,21)12-15)17-7-3-8-18-10-13-4-1-2-5-14(13)11-18/h1-2,4-5,15H,3,6-12H2,(H,17,19)/t15-/m1/s1. The Morgan fingerprint density at radius 1 is 1.23 bits per heavy atom. The molecule has 6 heteroatoms. The molecular weight excluding hydrogens is 300 g/mol. The fraction of sp³-hybridized carbons (Fsp3) is 0.562. The summed E-state index contributed by atoms with van der Waals surface area (Å²) in [5.41, 5.74) is 2.78. The first-order valence-corrected chi connectivity index (χ1v) is 9.63. The lowest BCUT2D eigenvalue weighted by atomic mass is 10.1. The van der Waals surface area contributed by atoms with Crippen molar-refractivity contribution in [1.29, 1.82) is 0 Å². The van der Waals surface area contributed by atoms with Gasteiger partial charge >= 0.3 is 0 Å². The van der Waals surface area contributed by atoms with Gasteiger partial charge in [-0.1, -0.05) is 24.3 Å². The van der Waals surface area contributed by atoms with Crippen LogP contribution in [0.25, 0.3) is 0 Å². The van der Waals surface area contributed by atoms with Gasteiger partial charge in [-0.15, -0.1) is 0 Å². The van der Waals surface area contributed by atoms with Crippen molar-refractivity contribution in [2.24, 2.45) is 5.92 Å². The molecule has 22 heavy (non-hydrogen) atoms. The van der Waals surface area contributed by atoms with Crippen LogP contribution in [0.5, 0.6) is 0 Å². The zero-order valence-electron chi connectivity index (χ0n) is 12.6. The predicted octanol–water partition coefficient (Wildman–Crippen LogP) is 0.943. The molecule has 1 aromatic carbocycles. The fourth-order valence-electron chi connectivity index (χ4n) is 3.22. The topological polar surface area (TPSA) is 66.5 Å². The third-order valence-electron chi connectivity index (χ3n) is 4.46. The van der Waals surface area contributed by atoms with Crippen LogP contribution in [-0.2, 0) is 27.7 Å². The van der Waals surface area contributed by atoms with Crippen molar-refractivity contribution < 1.29 is 13.2 Å². The molecule has 1 saturated heterocycles. The molecule has 0 spiro atoms. The van der Waals surface area contributed by atoms with Crippen LogP contribution in [0.3, 0.4) is 0 Å². The number of benzene rings is 1. The molecule has 2 aliphatic heterocycles. The Morgan fingerprint density at radius 3 is 2.50 bits per heavy atom. The molecule has 0 bridgehead atoms. The summed E-state index contributed by atoms with van der Waals surface area (Å²) in [6.07, 6.45) is 1.36. The van der Waals surface area contributed by atoms with Gasteiger partial charge in [0.25, 0.3) is 0 Å². The molecule has 0 unspecified atom stereocenters. The quantitative estimate of drug-likeness (QED) is 0.820. The van der Waals surface area contributed by atoms with Crippen LogP contribution in [0, 0.1) is 5.92 Å². The third-order valence-corrected chi connectivity index (χ3v) is 6.23. The number of sulfone groups is 1. The van der Waals surface area contributed by atoms with Crippen LogP contribution < -0.4 is 5.32 Å². The molecule has 0 aromatic heterocycles.